The van der Waals surface area contributed by atoms with Gasteiger partial charge in [0.15, 0.2) is 0 Å². The molecule has 0 aliphatic rings. The zero-order valence-electron chi connectivity index (χ0n) is 10.5. The fourth-order valence-corrected chi connectivity index (χ4v) is 2.83. The van der Waals surface area contributed by atoms with Crippen LogP contribution < -0.4 is 5.73 Å². The first-order valence-electron chi connectivity index (χ1n) is 5.84. The van der Waals surface area contributed by atoms with E-state index in [2.05, 4.69) is 4.98 Å². The van der Waals surface area contributed by atoms with Crippen molar-refractivity contribution in [1.29, 1.82) is 0 Å². The third kappa shape index (κ3) is 2.12. The molecule has 0 aliphatic heterocycles. The molecule has 0 atom stereocenters. The molecule has 0 fully saturated rings. The number of nitrogens with two attached hydrogens (primary N) is 1. The van der Waals surface area contributed by atoms with Crippen molar-refractivity contribution in [3.05, 3.63) is 45.4 Å². The van der Waals surface area contributed by atoms with Crippen LogP contribution >= 0.6 is 34.8 Å². The summed E-state index contributed by atoms with van der Waals surface area (Å²) in [5.74, 6) is 0.698. The minimum atomic E-state index is 0.414. The van der Waals surface area contributed by atoms with Crippen LogP contribution in [0.1, 0.15) is 0 Å². The van der Waals surface area contributed by atoms with Gasteiger partial charge in [0, 0.05) is 22.7 Å². The number of aromatic nitrogens is 2. The van der Waals surface area contributed by atoms with E-state index >= 15 is 0 Å². The summed E-state index contributed by atoms with van der Waals surface area (Å²) in [6, 6.07) is 8.89. The van der Waals surface area contributed by atoms with Gasteiger partial charge in [0.2, 0.25) is 0 Å². The van der Waals surface area contributed by atoms with Crippen LogP contribution in [-0.2, 0) is 7.05 Å². The Bertz CT molecular complexity index is 824. The van der Waals surface area contributed by atoms with E-state index in [1.165, 1.54) is 0 Å². The van der Waals surface area contributed by atoms with Crippen LogP contribution in [0.4, 0.5) is 5.69 Å². The maximum atomic E-state index is 6.08. The second kappa shape index (κ2) is 4.85. The fourth-order valence-electron chi connectivity index (χ4n) is 2.17. The predicted octanol–water partition coefficient (Wildman–Crippen LogP) is 4.78. The van der Waals surface area contributed by atoms with E-state index in [4.69, 9.17) is 40.5 Å². The highest BCUT2D eigenvalue weighted by molar-refractivity contribution is 6.37. The molecule has 2 N–H and O–H groups in total. The van der Waals surface area contributed by atoms with Gasteiger partial charge in [-0.05, 0) is 30.3 Å². The molecule has 3 nitrogen and oxygen atoms in total. The number of aryl methyl sites for hydroxylation is 1. The summed E-state index contributed by atoms with van der Waals surface area (Å²) >= 11 is 18.1. The number of hydrogen-bond donors (Lipinski definition) is 1. The molecular weight excluding hydrogens is 317 g/mol. The fraction of sp³-hybridized carbons (Fsp3) is 0.0714. The summed E-state index contributed by atoms with van der Waals surface area (Å²) in [4.78, 5) is 4.57. The van der Waals surface area contributed by atoms with Gasteiger partial charge >= 0.3 is 0 Å². The van der Waals surface area contributed by atoms with Gasteiger partial charge in [0.25, 0.3) is 0 Å². The van der Waals surface area contributed by atoms with Gasteiger partial charge < -0.3 is 10.3 Å². The Labute approximate surface area is 130 Å². The number of halogens is 3. The number of nitrogens with zero attached hydrogens (tertiary/aromatic N) is 2. The van der Waals surface area contributed by atoms with Gasteiger partial charge in [-0.1, -0.05) is 34.8 Å². The summed E-state index contributed by atoms with van der Waals surface area (Å²) in [6.45, 7) is 0. The molecule has 0 saturated heterocycles. The average Bonchev–Trinajstić information content (AvgIpc) is 2.71. The number of rotatable bonds is 1. The number of anilines is 1. The highest BCUT2D eigenvalue weighted by Crippen LogP contribution is 2.35. The van der Waals surface area contributed by atoms with E-state index in [1.54, 1.807) is 18.2 Å². The summed E-state index contributed by atoms with van der Waals surface area (Å²) in [7, 11) is 1.90. The molecule has 1 aromatic heterocycles. The Balaban J connectivity index is 2.33. The minimum Gasteiger partial charge on any atom is -0.397 e. The van der Waals surface area contributed by atoms with Crippen molar-refractivity contribution in [2.75, 3.05) is 5.73 Å². The first kappa shape index (κ1) is 13.6. The summed E-state index contributed by atoms with van der Waals surface area (Å²) in [5, 5.41) is 1.59. The lowest BCUT2D eigenvalue weighted by Gasteiger charge is -2.08. The molecule has 0 bridgehead atoms. The largest absolute Gasteiger partial charge is 0.397 e. The third-order valence-corrected chi connectivity index (χ3v) is 3.94. The summed E-state index contributed by atoms with van der Waals surface area (Å²) in [5.41, 5.74) is 8.95. The monoisotopic (exact) mass is 325 g/mol. The van der Waals surface area contributed by atoms with Crippen LogP contribution in [0, 0.1) is 0 Å². The number of imidazole rings is 1. The molecule has 1 heterocycles. The van der Waals surface area contributed by atoms with Crippen LogP contribution in [0.3, 0.4) is 0 Å². The van der Waals surface area contributed by atoms with Crippen LogP contribution in [-0.4, -0.2) is 9.55 Å². The van der Waals surface area contributed by atoms with E-state index in [0.29, 0.717) is 32.1 Å². The van der Waals surface area contributed by atoms with E-state index in [-0.39, 0.29) is 0 Å². The molecule has 3 aromatic rings. The Kier molecular flexibility index (Phi) is 3.28. The molecule has 20 heavy (non-hydrogen) atoms. The van der Waals surface area contributed by atoms with Gasteiger partial charge in [-0.15, -0.1) is 0 Å². The molecule has 0 radical (unpaired) electrons. The van der Waals surface area contributed by atoms with Crippen molar-refractivity contribution in [3.8, 4) is 11.4 Å². The maximum Gasteiger partial charge on any atom is 0.143 e. The Morgan fingerprint density at radius 2 is 1.80 bits per heavy atom. The Hall–Kier alpha value is -1.42. The molecule has 0 unspecified atom stereocenters. The maximum absolute atomic E-state index is 6.08. The SMILES string of the molecule is Cn1c(-c2cc(Cl)cc(Cl)c2N)nc2ccc(Cl)cc21. The molecule has 0 aliphatic carbocycles. The molecular formula is C14H10Cl3N3. The molecule has 0 saturated carbocycles. The molecule has 0 amide bonds. The summed E-state index contributed by atoms with van der Waals surface area (Å²) < 4.78 is 1.92. The topological polar surface area (TPSA) is 43.8 Å². The zero-order chi connectivity index (χ0) is 14.4. The first-order valence-corrected chi connectivity index (χ1v) is 6.97. The number of benzene rings is 2. The van der Waals surface area contributed by atoms with Crippen LogP contribution in [0.15, 0.2) is 30.3 Å². The average molecular weight is 327 g/mol. The van der Waals surface area contributed by atoms with Crippen molar-refractivity contribution < 1.29 is 0 Å². The molecule has 0 spiro atoms. The van der Waals surface area contributed by atoms with Gasteiger partial charge in [0.05, 0.1) is 21.7 Å². The van der Waals surface area contributed by atoms with Crippen LogP contribution in [0.5, 0.6) is 0 Å². The highest BCUT2D eigenvalue weighted by Gasteiger charge is 2.15. The number of hydrogen-bond acceptors (Lipinski definition) is 2. The Morgan fingerprint density at radius 1 is 1.05 bits per heavy atom. The van der Waals surface area contributed by atoms with Crippen molar-refractivity contribution in [3.63, 3.8) is 0 Å². The van der Waals surface area contributed by atoms with Crippen molar-refractivity contribution >= 4 is 51.5 Å². The lowest BCUT2D eigenvalue weighted by Crippen LogP contribution is -1.97. The van der Waals surface area contributed by atoms with Crippen LogP contribution in [0.2, 0.25) is 15.1 Å². The Morgan fingerprint density at radius 3 is 2.55 bits per heavy atom. The van der Waals surface area contributed by atoms with E-state index in [0.717, 1.165) is 11.0 Å². The second-order valence-electron chi connectivity index (χ2n) is 4.48. The molecule has 2 aromatic carbocycles. The van der Waals surface area contributed by atoms with E-state index in [1.807, 2.05) is 23.7 Å². The predicted molar refractivity (Wildman–Crippen MR) is 85.6 cm³/mol. The van der Waals surface area contributed by atoms with E-state index in [9.17, 15) is 0 Å². The summed E-state index contributed by atoms with van der Waals surface area (Å²) in [6.07, 6.45) is 0. The second-order valence-corrected chi connectivity index (χ2v) is 5.76. The first-order chi connectivity index (χ1) is 9.47. The van der Waals surface area contributed by atoms with Crippen molar-refractivity contribution in [1.82, 2.24) is 9.55 Å². The van der Waals surface area contributed by atoms with Gasteiger partial charge in [-0.3, -0.25) is 0 Å². The quantitative estimate of drug-likeness (QED) is 0.654. The lowest BCUT2D eigenvalue weighted by atomic mass is 10.1. The van der Waals surface area contributed by atoms with Crippen LogP contribution in [0.25, 0.3) is 22.4 Å². The van der Waals surface area contributed by atoms with Gasteiger partial charge in [-0.25, -0.2) is 4.98 Å². The smallest absolute Gasteiger partial charge is 0.143 e. The highest BCUT2D eigenvalue weighted by atomic mass is 35.5. The van der Waals surface area contributed by atoms with Crippen molar-refractivity contribution in [2.45, 2.75) is 0 Å². The third-order valence-electron chi connectivity index (χ3n) is 3.18. The van der Waals surface area contributed by atoms with E-state index < -0.39 is 0 Å². The number of fused-ring (bicyclic) bond motifs is 1. The standard InChI is InChI=1S/C14H10Cl3N3/c1-20-12-6-7(15)2-3-11(12)19-14(20)9-4-8(16)5-10(17)13(9)18/h2-6H,18H2,1H3. The van der Waals surface area contributed by atoms with Crippen molar-refractivity contribution in [2.24, 2.45) is 7.05 Å². The normalized spacial score (nSPS) is 11.2. The minimum absolute atomic E-state index is 0.414. The number of nitrogen functional groups attached to an aromatic ring is 1. The zero-order valence-corrected chi connectivity index (χ0v) is 12.8. The van der Waals surface area contributed by atoms with Gasteiger partial charge in [0.1, 0.15) is 5.82 Å². The molecule has 6 heteroatoms. The lowest BCUT2D eigenvalue weighted by molar-refractivity contribution is 0.960. The molecule has 102 valence electrons. The van der Waals surface area contributed by atoms with Gasteiger partial charge in [-0.2, -0.15) is 0 Å². The molecule has 3 rings (SSSR count).